The van der Waals surface area contributed by atoms with Crippen LogP contribution in [0.1, 0.15) is 12.0 Å². The van der Waals surface area contributed by atoms with Crippen LogP contribution in [0.3, 0.4) is 0 Å². The average molecular weight is 269 g/mol. The van der Waals surface area contributed by atoms with Crippen LogP contribution in [-0.4, -0.2) is 37.7 Å². The highest BCUT2D eigenvalue weighted by Gasteiger charge is 2.09. The van der Waals surface area contributed by atoms with E-state index in [0.29, 0.717) is 5.75 Å². The molecule has 18 heavy (non-hydrogen) atoms. The van der Waals surface area contributed by atoms with Crippen molar-refractivity contribution in [3.05, 3.63) is 29.8 Å². The first-order valence-electron chi connectivity index (χ1n) is 6.38. The summed E-state index contributed by atoms with van der Waals surface area (Å²) in [6, 6.07) is 7.86. The first kappa shape index (κ1) is 13.6. The molecule has 1 aliphatic rings. The van der Waals surface area contributed by atoms with Crippen LogP contribution in [-0.2, 0) is 15.7 Å². The van der Waals surface area contributed by atoms with Crippen LogP contribution in [0, 0.1) is 0 Å². The molecular formula is C13H20NO3P. The molecule has 1 aliphatic heterocycles. The van der Waals surface area contributed by atoms with Crippen LogP contribution >= 0.6 is 8.69 Å². The first-order chi connectivity index (χ1) is 8.88. The molecule has 5 heteroatoms. The van der Waals surface area contributed by atoms with Crippen molar-refractivity contribution in [3.63, 3.8) is 0 Å². The molecule has 0 saturated carbocycles. The molecule has 0 aromatic heterocycles. The van der Waals surface area contributed by atoms with Crippen LogP contribution in [0.15, 0.2) is 24.3 Å². The van der Waals surface area contributed by atoms with Gasteiger partial charge in [-0.3, -0.25) is 9.46 Å². The van der Waals surface area contributed by atoms with Gasteiger partial charge in [-0.2, -0.15) is 0 Å². The van der Waals surface area contributed by atoms with Crippen molar-refractivity contribution in [2.75, 3.05) is 32.8 Å². The van der Waals surface area contributed by atoms with Crippen molar-refractivity contribution < 1.29 is 13.8 Å². The average Bonchev–Trinajstić information content (AvgIpc) is 2.42. The van der Waals surface area contributed by atoms with Gasteiger partial charge in [0.2, 0.25) is 8.69 Å². The Bertz CT molecular complexity index is 363. The quantitative estimate of drug-likeness (QED) is 0.740. The predicted octanol–water partition coefficient (Wildman–Crippen LogP) is 2.00. The topological polar surface area (TPSA) is 38.8 Å². The maximum Gasteiger partial charge on any atom is 0.225 e. The maximum atomic E-state index is 10.4. The summed E-state index contributed by atoms with van der Waals surface area (Å²) in [6.45, 7) is 4.97. The number of nitrogens with zero attached hydrogens (tertiary/aromatic N) is 1. The van der Waals surface area contributed by atoms with Gasteiger partial charge in [0.15, 0.2) is 0 Å². The Balaban J connectivity index is 1.70. The Morgan fingerprint density at radius 2 is 1.94 bits per heavy atom. The SMILES string of the molecule is O=[PH2]Oc1ccc(CCCN2CCOCC2)cc1. The number of aryl methyl sites for hydroxylation is 1. The second-order valence-corrected chi connectivity index (χ2v) is 4.84. The molecular weight excluding hydrogens is 249 g/mol. The Morgan fingerprint density at radius 1 is 1.22 bits per heavy atom. The molecule has 1 atom stereocenters. The third-order valence-electron chi connectivity index (χ3n) is 3.15. The number of rotatable bonds is 6. The molecule has 1 fully saturated rings. The minimum absolute atomic E-state index is 0.692. The molecule has 0 amide bonds. The third-order valence-corrected chi connectivity index (χ3v) is 3.52. The van der Waals surface area contributed by atoms with E-state index in [0.717, 1.165) is 45.7 Å². The lowest BCUT2D eigenvalue weighted by Crippen LogP contribution is -2.36. The van der Waals surface area contributed by atoms with E-state index in [2.05, 4.69) is 4.90 Å². The second-order valence-electron chi connectivity index (χ2n) is 4.42. The highest BCUT2D eigenvalue weighted by Crippen LogP contribution is 2.16. The van der Waals surface area contributed by atoms with Gasteiger partial charge in [0.05, 0.1) is 13.2 Å². The third kappa shape index (κ3) is 4.45. The summed E-state index contributed by atoms with van der Waals surface area (Å²) >= 11 is 0. The van der Waals surface area contributed by atoms with Crippen LogP contribution in [0.2, 0.25) is 0 Å². The number of benzene rings is 1. The van der Waals surface area contributed by atoms with E-state index in [1.807, 2.05) is 24.3 Å². The standard InChI is InChI=1S/C13H20NO3P/c15-18-17-13-5-3-12(4-6-13)2-1-7-14-8-10-16-11-9-14/h3-6H,1-2,7-11,18H2. The maximum absolute atomic E-state index is 10.4. The molecule has 1 unspecified atom stereocenters. The fourth-order valence-electron chi connectivity index (χ4n) is 2.12. The number of ether oxygens (including phenoxy) is 1. The Morgan fingerprint density at radius 3 is 2.61 bits per heavy atom. The van der Waals surface area contributed by atoms with Crippen molar-refractivity contribution in [3.8, 4) is 5.75 Å². The molecule has 1 saturated heterocycles. The van der Waals surface area contributed by atoms with Crippen molar-refractivity contribution in [2.45, 2.75) is 12.8 Å². The zero-order valence-corrected chi connectivity index (χ0v) is 11.7. The zero-order chi connectivity index (χ0) is 12.6. The molecule has 1 aromatic rings. The molecule has 0 spiro atoms. The lowest BCUT2D eigenvalue weighted by atomic mass is 10.1. The second kappa shape index (κ2) is 7.57. The summed E-state index contributed by atoms with van der Waals surface area (Å²) < 4.78 is 20.7. The smallest absolute Gasteiger partial charge is 0.225 e. The van der Waals surface area contributed by atoms with E-state index < -0.39 is 8.69 Å². The van der Waals surface area contributed by atoms with Gasteiger partial charge >= 0.3 is 0 Å². The van der Waals surface area contributed by atoms with Gasteiger partial charge in [-0.25, -0.2) is 0 Å². The number of hydrogen-bond donors (Lipinski definition) is 0. The molecule has 0 aliphatic carbocycles. The fourth-order valence-corrected chi connectivity index (χ4v) is 2.39. The zero-order valence-electron chi connectivity index (χ0n) is 10.5. The summed E-state index contributed by atoms with van der Waals surface area (Å²) in [5.74, 6) is 0.692. The van der Waals surface area contributed by atoms with E-state index in [-0.39, 0.29) is 0 Å². The van der Waals surface area contributed by atoms with Gasteiger partial charge in [0.25, 0.3) is 0 Å². The summed E-state index contributed by atoms with van der Waals surface area (Å²) in [5, 5.41) is 0. The van der Waals surface area contributed by atoms with E-state index >= 15 is 0 Å². The largest absolute Gasteiger partial charge is 0.447 e. The molecule has 100 valence electrons. The van der Waals surface area contributed by atoms with Crippen molar-refractivity contribution in [2.24, 2.45) is 0 Å². The van der Waals surface area contributed by atoms with Crippen molar-refractivity contribution in [1.29, 1.82) is 0 Å². The Hall–Kier alpha value is -0.830. The van der Waals surface area contributed by atoms with Crippen LogP contribution < -0.4 is 4.52 Å². The van der Waals surface area contributed by atoms with Crippen molar-refractivity contribution >= 4 is 8.69 Å². The van der Waals surface area contributed by atoms with Gasteiger partial charge in [-0.15, -0.1) is 0 Å². The Labute approximate surface area is 109 Å². The molecule has 0 bridgehead atoms. The molecule has 1 heterocycles. The molecule has 2 rings (SSSR count). The predicted molar refractivity (Wildman–Crippen MR) is 73.0 cm³/mol. The van der Waals surface area contributed by atoms with E-state index in [1.54, 1.807) is 0 Å². The fraction of sp³-hybridized carbons (Fsp3) is 0.538. The lowest BCUT2D eigenvalue weighted by molar-refractivity contribution is 0.0375. The Kier molecular flexibility index (Phi) is 5.72. The van der Waals surface area contributed by atoms with Crippen molar-refractivity contribution in [1.82, 2.24) is 4.90 Å². The minimum atomic E-state index is -1.16. The molecule has 4 nitrogen and oxygen atoms in total. The highest BCUT2D eigenvalue weighted by molar-refractivity contribution is 7.17. The normalized spacial score (nSPS) is 17.3. The summed E-state index contributed by atoms with van der Waals surface area (Å²) in [4.78, 5) is 2.45. The van der Waals surface area contributed by atoms with Crippen LogP contribution in [0.25, 0.3) is 0 Å². The minimum Gasteiger partial charge on any atom is -0.447 e. The van der Waals surface area contributed by atoms with Crippen LogP contribution in [0.5, 0.6) is 5.75 Å². The monoisotopic (exact) mass is 269 g/mol. The van der Waals surface area contributed by atoms with Gasteiger partial charge in [0, 0.05) is 13.1 Å². The summed E-state index contributed by atoms with van der Waals surface area (Å²) in [7, 11) is -1.16. The first-order valence-corrected chi connectivity index (χ1v) is 7.32. The number of morpholine rings is 1. The van der Waals surface area contributed by atoms with Gasteiger partial charge < -0.3 is 9.26 Å². The van der Waals surface area contributed by atoms with Gasteiger partial charge in [-0.1, -0.05) is 12.1 Å². The molecule has 0 N–H and O–H groups in total. The highest BCUT2D eigenvalue weighted by atomic mass is 31.1. The van der Waals surface area contributed by atoms with E-state index in [4.69, 9.17) is 9.26 Å². The van der Waals surface area contributed by atoms with Gasteiger partial charge in [-0.05, 0) is 37.1 Å². The van der Waals surface area contributed by atoms with Gasteiger partial charge in [0.1, 0.15) is 5.75 Å². The van der Waals surface area contributed by atoms with E-state index in [1.165, 1.54) is 5.56 Å². The van der Waals surface area contributed by atoms with Crippen LogP contribution in [0.4, 0.5) is 0 Å². The summed E-state index contributed by atoms with van der Waals surface area (Å²) in [5.41, 5.74) is 1.30. The lowest BCUT2D eigenvalue weighted by Gasteiger charge is -2.26. The summed E-state index contributed by atoms with van der Waals surface area (Å²) in [6.07, 6.45) is 2.23. The molecule has 0 radical (unpaired) electrons. The van der Waals surface area contributed by atoms with E-state index in [9.17, 15) is 4.57 Å². The molecule has 1 aromatic carbocycles. The number of hydrogen-bond acceptors (Lipinski definition) is 4.